The number of nitrogen functional groups attached to an aromatic ring is 1. The molecule has 0 unspecified atom stereocenters. The van der Waals surface area contributed by atoms with Crippen LogP contribution in [0.4, 0.5) is 10.1 Å². The number of nitrogens with two attached hydrogens (primary N) is 1. The number of benzene rings is 1. The Morgan fingerprint density at radius 3 is 2.65 bits per heavy atom. The predicted octanol–water partition coefficient (Wildman–Crippen LogP) is 1.17. The van der Waals surface area contributed by atoms with Crippen molar-refractivity contribution in [3.8, 4) is 0 Å². The third kappa shape index (κ3) is 3.91. The van der Waals surface area contributed by atoms with Crippen LogP contribution in [0.3, 0.4) is 0 Å². The molecule has 1 aliphatic rings. The van der Waals surface area contributed by atoms with Crippen molar-refractivity contribution in [2.75, 3.05) is 31.9 Å². The van der Waals surface area contributed by atoms with E-state index in [9.17, 15) is 12.8 Å². The maximum absolute atomic E-state index is 12.9. The highest BCUT2D eigenvalue weighted by molar-refractivity contribution is 7.89. The highest BCUT2D eigenvalue weighted by Crippen LogP contribution is 2.18. The quantitative estimate of drug-likeness (QED) is 0.611. The van der Waals surface area contributed by atoms with Crippen molar-refractivity contribution in [3.63, 3.8) is 0 Å². The molecule has 0 aromatic heterocycles. The Hall–Kier alpha value is -1.18. The van der Waals surface area contributed by atoms with E-state index in [0.717, 1.165) is 38.2 Å². The number of hydrogen-bond donors (Lipinski definition) is 2. The monoisotopic (exact) mass is 301 g/mol. The minimum Gasteiger partial charge on any atom is -0.398 e. The standard InChI is InChI=1S/C13H20FN3O2S/c14-11-4-5-13(12(15)10-11)20(18,19)16-6-3-9-17-7-1-2-8-17/h4-5,10,16H,1-3,6-9,15H2. The molecule has 1 heterocycles. The van der Waals surface area contributed by atoms with Crippen LogP contribution in [0.2, 0.25) is 0 Å². The third-order valence-corrected chi connectivity index (χ3v) is 4.94. The van der Waals surface area contributed by atoms with Gasteiger partial charge in [0.2, 0.25) is 10.0 Å². The van der Waals surface area contributed by atoms with Crippen LogP contribution < -0.4 is 10.5 Å². The molecule has 3 N–H and O–H groups in total. The first-order valence-electron chi connectivity index (χ1n) is 6.76. The number of halogens is 1. The van der Waals surface area contributed by atoms with Crippen LogP contribution in [-0.2, 0) is 10.0 Å². The lowest BCUT2D eigenvalue weighted by Crippen LogP contribution is -2.29. The Kier molecular flexibility index (Phi) is 4.95. The summed E-state index contributed by atoms with van der Waals surface area (Å²) in [5.74, 6) is -0.546. The normalized spacial score (nSPS) is 16.6. The molecule has 1 aliphatic heterocycles. The van der Waals surface area contributed by atoms with E-state index >= 15 is 0 Å². The molecule has 1 aromatic carbocycles. The molecule has 1 fully saturated rings. The minimum absolute atomic E-state index is 0.0694. The summed E-state index contributed by atoms with van der Waals surface area (Å²) >= 11 is 0. The van der Waals surface area contributed by atoms with Gasteiger partial charge in [-0.1, -0.05) is 0 Å². The zero-order chi connectivity index (χ0) is 14.6. The topological polar surface area (TPSA) is 75.4 Å². The van der Waals surface area contributed by atoms with Crippen molar-refractivity contribution < 1.29 is 12.8 Å². The average Bonchev–Trinajstić information content (AvgIpc) is 2.87. The van der Waals surface area contributed by atoms with Gasteiger partial charge in [-0.25, -0.2) is 17.5 Å². The van der Waals surface area contributed by atoms with E-state index < -0.39 is 15.8 Å². The highest BCUT2D eigenvalue weighted by atomic mass is 32.2. The maximum atomic E-state index is 12.9. The van der Waals surface area contributed by atoms with Gasteiger partial charge < -0.3 is 10.6 Å². The summed E-state index contributed by atoms with van der Waals surface area (Å²) in [6.07, 6.45) is 3.19. The molecule has 2 rings (SSSR count). The van der Waals surface area contributed by atoms with Crippen molar-refractivity contribution in [2.24, 2.45) is 0 Å². The lowest BCUT2D eigenvalue weighted by Gasteiger charge is -2.14. The van der Waals surface area contributed by atoms with Gasteiger partial charge in [0.15, 0.2) is 0 Å². The van der Waals surface area contributed by atoms with Gasteiger partial charge >= 0.3 is 0 Å². The molecule has 0 bridgehead atoms. The lowest BCUT2D eigenvalue weighted by molar-refractivity contribution is 0.334. The molecule has 5 nitrogen and oxygen atoms in total. The van der Waals surface area contributed by atoms with Crippen LogP contribution in [0.1, 0.15) is 19.3 Å². The Bertz CT molecular complexity index is 557. The van der Waals surface area contributed by atoms with E-state index in [2.05, 4.69) is 9.62 Å². The summed E-state index contributed by atoms with van der Waals surface area (Å²) in [6, 6.07) is 3.29. The molecular formula is C13H20FN3O2S. The zero-order valence-electron chi connectivity index (χ0n) is 11.3. The molecule has 0 saturated carbocycles. The maximum Gasteiger partial charge on any atom is 0.242 e. The summed E-state index contributed by atoms with van der Waals surface area (Å²) in [5, 5.41) is 0. The Balaban J connectivity index is 1.87. The number of nitrogens with zero attached hydrogens (tertiary/aromatic N) is 1. The summed E-state index contributed by atoms with van der Waals surface area (Å²) < 4.78 is 39.5. The van der Waals surface area contributed by atoms with E-state index in [0.29, 0.717) is 6.54 Å². The van der Waals surface area contributed by atoms with Gasteiger partial charge in [-0.05, 0) is 57.1 Å². The smallest absolute Gasteiger partial charge is 0.242 e. The van der Waals surface area contributed by atoms with Crippen LogP contribution in [0.5, 0.6) is 0 Å². The van der Waals surface area contributed by atoms with Crippen molar-refractivity contribution in [1.82, 2.24) is 9.62 Å². The van der Waals surface area contributed by atoms with Crippen molar-refractivity contribution >= 4 is 15.7 Å². The fourth-order valence-corrected chi connectivity index (χ4v) is 3.54. The van der Waals surface area contributed by atoms with Gasteiger partial charge in [0.1, 0.15) is 10.7 Å². The van der Waals surface area contributed by atoms with Crippen molar-refractivity contribution in [1.29, 1.82) is 0 Å². The Labute approximate surface area is 119 Å². The predicted molar refractivity (Wildman–Crippen MR) is 76.3 cm³/mol. The van der Waals surface area contributed by atoms with E-state index in [-0.39, 0.29) is 10.6 Å². The van der Waals surface area contributed by atoms with Crippen molar-refractivity contribution in [3.05, 3.63) is 24.0 Å². The van der Waals surface area contributed by atoms with Gasteiger partial charge in [0.05, 0.1) is 5.69 Å². The number of likely N-dealkylation sites (tertiary alicyclic amines) is 1. The van der Waals surface area contributed by atoms with E-state index in [4.69, 9.17) is 5.73 Å². The number of sulfonamides is 1. The summed E-state index contributed by atoms with van der Waals surface area (Å²) in [5.41, 5.74) is 5.47. The van der Waals surface area contributed by atoms with Gasteiger partial charge in [0, 0.05) is 6.54 Å². The molecular weight excluding hydrogens is 281 g/mol. The van der Waals surface area contributed by atoms with Crippen LogP contribution in [-0.4, -0.2) is 39.5 Å². The largest absolute Gasteiger partial charge is 0.398 e. The van der Waals surface area contributed by atoms with E-state index in [1.54, 1.807) is 0 Å². The first-order chi connectivity index (χ1) is 9.49. The fourth-order valence-electron chi connectivity index (χ4n) is 2.36. The second-order valence-electron chi connectivity index (χ2n) is 4.98. The number of nitrogens with one attached hydrogen (secondary N) is 1. The molecule has 112 valence electrons. The average molecular weight is 301 g/mol. The fraction of sp³-hybridized carbons (Fsp3) is 0.538. The number of hydrogen-bond acceptors (Lipinski definition) is 4. The van der Waals surface area contributed by atoms with Crippen LogP contribution in [0.15, 0.2) is 23.1 Å². The summed E-state index contributed by atoms with van der Waals surface area (Å²) in [7, 11) is -3.66. The lowest BCUT2D eigenvalue weighted by atomic mass is 10.3. The molecule has 0 amide bonds. The molecule has 0 radical (unpaired) electrons. The van der Waals surface area contributed by atoms with E-state index in [1.165, 1.54) is 18.9 Å². The van der Waals surface area contributed by atoms with Crippen LogP contribution in [0.25, 0.3) is 0 Å². The van der Waals surface area contributed by atoms with Gasteiger partial charge in [-0.3, -0.25) is 0 Å². The molecule has 20 heavy (non-hydrogen) atoms. The molecule has 0 aliphatic carbocycles. The molecule has 1 aromatic rings. The van der Waals surface area contributed by atoms with Gasteiger partial charge in [-0.15, -0.1) is 0 Å². The second kappa shape index (κ2) is 6.51. The van der Waals surface area contributed by atoms with Gasteiger partial charge in [0.25, 0.3) is 0 Å². The highest BCUT2D eigenvalue weighted by Gasteiger charge is 2.17. The van der Waals surface area contributed by atoms with Crippen LogP contribution in [0, 0.1) is 5.82 Å². The first-order valence-corrected chi connectivity index (χ1v) is 8.24. The summed E-state index contributed by atoms with van der Waals surface area (Å²) in [4.78, 5) is 2.25. The minimum atomic E-state index is -3.66. The molecule has 0 spiro atoms. The SMILES string of the molecule is Nc1cc(F)ccc1S(=O)(=O)NCCCN1CCCC1. The van der Waals surface area contributed by atoms with Crippen molar-refractivity contribution in [2.45, 2.75) is 24.2 Å². The number of rotatable bonds is 6. The van der Waals surface area contributed by atoms with Crippen LogP contribution >= 0.6 is 0 Å². The Morgan fingerprint density at radius 1 is 1.30 bits per heavy atom. The van der Waals surface area contributed by atoms with Gasteiger partial charge in [-0.2, -0.15) is 0 Å². The first kappa shape index (κ1) is 15.2. The Morgan fingerprint density at radius 2 is 2.00 bits per heavy atom. The second-order valence-corrected chi connectivity index (χ2v) is 6.72. The number of anilines is 1. The zero-order valence-corrected chi connectivity index (χ0v) is 12.1. The molecule has 0 atom stereocenters. The van der Waals surface area contributed by atoms with E-state index in [1.807, 2.05) is 0 Å². The third-order valence-electron chi connectivity index (χ3n) is 3.40. The molecule has 7 heteroatoms. The summed E-state index contributed by atoms with van der Waals surface area (Å²) in [6.45, 7) is 3.44. The molecule has 1 saturated heterocycles.